The number of aromatic nitrogens is 1. The first-order valence-corrected chi connectivity index (χ1v) is 5.16. The number of carbonyl (C=O) groups excluding carboxylic acids is 1. The molecule has 0 aliphatic carbocycles. The average molecular weight is 231 g/mol. The van der Waals surface area contributed by atoms with Crippen molar-refractivity contribution in [2.45, 2.75) is 13.8 Å². The van der Waals surface area contributed by atoms with Gasteiger partial charge in [-0.15, -0.1) is 0 Å². The fourth-order valence-electron chi connectivity index (χ4n) is 1.52. The van der Waals surface area contributed by atoms with Gasteiger partial charge in [-0.1, -0.05) is 0 Å². The van der Waals surface area contributed by atoms with Gasteiger partial charge in [0.25, 0.3) is 5.91 Å². The molecule has 2 heterocycles. The van der Waals surface area contributed by atoms with Gasteiger partial charge in [-0.25, -0.2) is 4.98 Å². The van der Waals surface area contributed by atoms with Crippen LogP contribution in [0.4, 0.5) is 11.5 Å². The highest BCUT2D eigenvalue weighted by atomic mass is 16.3. The molecule has 0 aliphatic rings. The number of nitrogens with two attached hydrogens (primary N) is 1. The van der Waals surface area contributed by atoms with Crippen molar-refractivity contribution >= 4 is 17.4 Å². The van der Waals surface area contributed by atoms with Crippen LogP contribution in [0.25, 0.3) is 0 Å². The summed E-state index contributed by atoms with van der Waals surface area (Å²) in [6, 6.07) is 5.02. The number of nitrogen functional groups attached to an aromatic ring is 1. The highest BCUT2D eigenvalue weighted by Gasteiger charge is 2.13. The van der Waals surface area contributed by atoms with Crippen LogP contribution in [-0.4, -0.2) is 10.9 Å². The van der Waals surface area contributed by atoms with Gasteiger partial charge in [0, 0.05) is 0 Å². The molecule has 0 unspecified atom stereocenters. The number of hydrogen-bond donors (Lipinski definition) is 2. The van der Waals surface area contributed by atoms with Crippen molar-refractivity contribution in [3.8, 4) is 0 Å². The number of aryl methyl sites for hydroxylation is 2. The smallest absolute Gasteiger partial charge is 0.260 e. The fraction of sp³-hybridized carbons (Fsp3) is 0.167. The minimum atomic E-state index is -0.239. The maximum Gasteiger partial charge on any atom is 0.260 e. The number of pyridine rings is 1. The first kappa shape index (κ1) is 11.2. The molecular formula is C12H13N3O2. The number of nitrogens with one attached hydrogen (secondary N) is 1. The Labute approximate surface area is 98.6 Å². The van der Waals surface area contributed by atoms with E-state index in [1.807, 2.05) is 0 Å². The summed E-state index contributed by atoms with van der Waals surface area (Å²) in [7, 11) is 0. The van der Waals surface area contributed by atoms with E-state index in [-0.39, 0.29) is 5.91 Å². The standard InChI is InChI=1S/C12H13N3O2/c1-7-5-10(8(2)17-7)12(16)15-11-4-3-9(13)6-14-11/h3-6H,13H2,1-2H3,(H,14,15,16). The zero-order chi connectivity index (χ0) is 12.4. The Morgan fingerprint density at radius 3 is 2.71 bits per heavy atom. The van der Waals surface area contributed by atoms with Gasteiger partial charge in [-0.3, -0.25) is 4.79 Å². The lowest BCUT2D eigenvalue weighted by atomic mass is 10.2. The van der Waals surface area contributed by atoms with E-state index in [1.54, 1.807) is 32.0 Å². The number of carbonyl (C=O) groups is 1. The summed E-state index contributed by atoms with van der Waals surface area (Å²) in [4.78, 5) is 15.9. The molecule has 0 aliphatic heterocycles. The van der Waals surface area contributed by atoms with E-state index < -0.39 is 0 Å². The van der Waals surface area contributed by atoms with Crippen LogP contribution in [0.2, 0.25) is 0 Å². The number of rotatable bonds is 2. The minimum absolute atomic E-state index is 0.239. The number of furan rings is 1. The third kappa shape index (κ3) is 2.44. The maximum atomic E-state index is 11.9. The normalized spacial score (nSPS) is 10.2. The van der Waals surface area contributed by atoms with E-state index in [4.69, 9.17) is 10.2 Å². The van der Waals surface area contributed by atoms with Gasteiger partial charge in [0.05, 0.1) is 17.4 Å². The zero-order valence-electron chi connectivity index (χ0n) is 9.65. The summed E-state index contributed by atoms with van der Waals surface area (Å²) in [5.74, 6) is 1.52. The van der Waals surface area contributed by atoms with E-state index >= 15 is 0 Å². The molecule has 2 aromatic heterocycles. The highest BCUT2D eigenvalue weighted by molar-refractivity contribution is 6.04. The molecule has 17 heavy (non-hydrogen) atoms. The predicted octanol–water partition coefficient (Wildman–Crippen LogP) is 2.13. The third-order valence-corrected chi connectivity index (χ3v) is 2.31. The molecule has 2 rings (SSSR count). The van der Waals surface area contributed by atoms with Crippen LogP contribution in [0.1, 0.15) is 21.9 Å². The van der Waals surface area contributed by atoms with Crippen LogP contribution < -0.4 is 11.1 Å². The van der Waals surface area contributed by atoms with Gasteiger partial charge in [0.15, 0.2) is 0 Å². The SMILES string of the molecule is Cc1cc(C(=O)Nc2ccc(N)cn2)c(C)o1. The molecule has 88 valence electrons. The van der Waals surface area contributed by atoms with Crippen molar-refractivity contribution < 1.29 is 9.21 Å². The average Bonchev–Trinajstić information content (AvgIpc) is 2.61. The van der Waals surface area contributed by atoms with Crippen LogP contribution >= 0.6 is 0 Å². The van der Waals surface area contributed by atoms with Gasteiger partial charge in [0.1, 0.15) is 17.3 Å². The van der Waals surface area contributed by atoms with E-state index in [1.165, 1.54) is 6.20 Å². The van der Waals surface area contributed by atoms with Crippen molar-refractivity contribution in [3.05, 3.63) is 41.5 Å². The van der Waals surface area contributed by atoms with Crippen molar-refractivity contribution in [1.82, 2.24) is 4.98 Å². The van der Waals surface area contributed by atoms with Gasteiger partial charge < -0.3 is 15.5 Å². The van der Waals surface area contributed by atoms with Gasteiger partial charge >= 0.3 is 0 Å². The molecule has 0 spiro atoms. The van der Waals surface area contributed by atoms with Gasteiger partial charge in [-0.2, -0.15) is 0 Å². The van der Waals surface area contributed by atoms with Crippen LogP contribution in [0, 0.1) is 13.8 Å². The Morgan fingerprint density at radius 2 is 2.18 bits per heavy atom. The summed E-state index contributed by atoms with van der Waals surface area (Å²) in [6.07, 6.45) is 1.49. The molecule has 0 saturated heterocycles. The lowest BCUT2D eigenvalue weighted by Crippen LogP contribution is -2.13. The molecule has 0 saturated carbocycles. The Morgan fingerprint density at radius 1 is 1.41 bits per heavy atom. The molecule has 5 nitrogen and oxygen atoms in total. The Hall–Kier alpha value is -2.30. The van der Waals surface area contributed by atoms with Crippen LogP contribution in [0.3, 0.4) is 0 Å². The molecule has 0 atom stereocenters. The van der Waals surface area contributed by atoms with Crippen LogP contribution in [-0.2, 0) is 0 Å². The van der Waals surface area contributed by atoms with Crippen LogP contribution in [0.5, 0.6) is 0 Å². The quantitative estimate of drug-likeness (QED) is 0.829. The van der Waals surface area contributed by atoms with Gasteiger partial charge in [-0.05, 0) is 32.0 Å². The lowest BCUT2D eigenvalue weighted by molar-refractivity contribution is 0.102. The van der Waals surface area contributed by atoms with Gasteiger partial charge in [0.2, 0.25) is 0 Å². The Kier molecular flexibility index (Phi) is 2.82. The maximum absolute atomic E-state index is 11.9. The second kappa shape index (κ2) is 4.29. The number of hydrogen-bond acceptors (Lipinski definition) is 4. The van der Waals surface area contributed by atoms with E-state index in [0.29, 0.717) is 28.6 Å². The first-order chi connectivity index (χ1) is 8.06. The number of nitrogens with zero attached hydrogens (tertiary/aromatic N) is 1. The van der Waals surface area contributed by atoms with Crippen LogP contribution in [0.15, 0.2) is 28.8 Å². The largest absolute Gasteiger partial charge is 0.466 e. The zero-order valence-corrected chi connectivity index (χ0v) is 9.65. The molecule has 5 heteroatoms. The summed E-state index contributed by atoms with van der Waals surface area (Å²) in [5.41, 5.74) is 6.57. The third-order valence-electron chi connectivity index (χ3n) is 2.31. The highest BCUT2D eigenvalue weighted by Crippen LogP contribution is 2.15. The van der Waals surface area contributed by atoms with Crippen molar-refractivity contribution in [3.63, 3.8) is 0 Å². The van der Waals surface area contributed by atoms with E-state index in [9.17, 15) is 4.79 Å². The summed E-state index contributed by atoms with van der Waals surface area (Å²) < 4.78 is 5.29. The second-order valence-corrected chi connectivity index (χ2v) is 3.76. The number of amides is 1. The van der Waals surface area contributed by atoms with E-state index in [0.717, 1.165) is 0 Å². The Bertz CT molecular complexity index is 543. The summed E-state index contributed by atoms with van der Waals surface area (Å²) in [6.45, 7) is 3.55. The van der Waals surface area contributed by atoms with Crippen molar-refractivity contribution in [2.75, 3.05) is 11.1 Å². The molecule has 2 aromatic rings. The van der Waals surface area contributed by atoms with Crippen molar-refractivity contribution in [1.29, 1.82) is 0 Å². The topological polar surface area (TPSA) is 81.2 Å². The lowest BCUT2D eigenvalue weighted by Gasteiger charge is -2.03. The number of anilines is 2. The molecule has 0 bridgehead atoms. The summed E-state index contributed by atoms with van der Waals surface area (Å²) in [5, 5.41) is 2.67. The summed E-state index contributed by atoms with van der Waals surface area (Å²) >= 11 is 0. The minimum Gasteiger partial charge on any atom is -0.466 e. The Balaban J connectivity index is 2.17. The monoisotopic (exact) mass is 231 g/mol. The molecule has 0 fully saturated rings. The molecule has 0 aromatic carbocycles. The fourth-order valence-corrected chi connectivity index (χ4v) is 1.52. The van der Waals surface area contributed by atoms with E-state index in [2.05, 4.69) is 10.3 Å². The first-order valence-electron chi connectivity index (χ1n) is 5.16. The molecule has 0 radical (unpaired) electrons. The molecular weight excluding hydrogens is 218 g/mol. The predicted molar refractivity (Wildman–Crippen MR) is 64.8 cm³/mol. The second-order valence-electron chi connectivity index (χ2n) is 3.76. The molecule has 1 amide bonds. The molecule has 3 N–H and O–H groups in total. The van der Waals surface area contributed by atoms with Crippen molar-refractivity contribution in [2.24, 2.45) is 0 Å².